The average molecular weight is 238 g/mol. The van der Waals surface area contributed by atoms with Gasteiger partial charge in [0.2, 0.25) is 0 Å². The molecule has 0 spiro atoms. The van der Waals surface area contributed by atoms with Gasteiger partial charge in [-0.3, -0.25) is 0 Å². The topological polar surface area (TPSA) is 35.5 Å². The molecule has 1 aliphatic rings. The smallest absolute Gasteiger partial charge is 0.341 e. The first-order valence-corrected chi connectivity index (χ1v) is 5.75. The Bertz CT molecular complexity index is 411. The molecule has 92 valence electrons. The number of benzene rings is 1. The summed E-state index contributed by atoms with van der Waals surface area (Å²) in [6.07, 6.45) is 3.85. The third-order valence-electron chi connectivity index (χ3n) is 2.97. The van der Waals surface area contributed by atoms with Crippen molar-refractivity contribution in [3.63, 3.8) is 0 Å². The van der Waals surface area contributed by atoms with E-state index in [1.54, 1.807) is 6.07 Å². The average Bonchev–Trinajstić information content (AvgIpc) is 2.81. The molecule has 1 saturated carbocycles. The van der Waals surface area contributed by atoms with Gasteiger partial charge in [-0.15, -0.1) is 0 Å². The third-order valence-corrected chi connectivity index (χ3v) is 2.97. The Morgan fingerprint density at radius 1 is 1.35 bits per heavy atom. The summed E-state index contributed by atoms with van der Waals surface area (Å²) < 4.78 is 23.7. The molecule has 0 N–H and O–H groups in total. The summed E-state index contributed by atoms with van der Waals surface area (Å²) in [5, 5.41) is 0. The van der Waals surface area contributed by atoms with Crippen LogP contribution in [0.15, 0.2) is 18.2 Å². The Labute approximate surface area is 99.5 Å². The van der Waals surface area contributed by atoms with Crippen LogP contribution in [-0.4, -0.2) is 19.2 Å². The van der Waals surface area contributed by atoms with Crippen LogP contribution in [0, 0.1) is 5.82 Å². The van der Waals surface area contributed by atoms with Gasteiger partial charge in [-0.2, -0.15) is 0 Å². The molecular weight excluding hydrogens is 223 g/mol. The fourth-order valence-corrected chi connectivity index (χ4v) is 2.01. The van der Waals surface area contributed by atoms with Crippen LogP contribution in [0.5, 0.6) is 5.75 Å². The second kappa shape index (κ2) is 5.17. The van der Waals surface area contributed by atoms with E-state index in [9.17, 15) is 9.18 Å². The number of methoxy groups -OCH3 is 1. The normalized spacial score (nSPS) is 15.9. The maximum absolute atomic E-state index is 13.6. The second-order valence-electron chi connectivity index (χ2n) is 4.16. The zero-order valence-electron chi connectivity index (χ0n) is 9.74. The molecule has 1 aromatic carbocycles. The Hall–Kier alpha value is -1.58. The van der Waals surface area contributed by atoms with Gasteiger partial charge >= 0.3 is 5.97 Å². The molecule has 0 unspecified atom stereocenters. The van der Waals surface area contributed by atoms with E-state index in [1.165, 1.54) is 19.2 Å². The quantitative estimate of drug-likeness (QED) is 0.759. The van der Waals surface area contributed by atoms with Crippen LogP contribution in [0.3, 0.4) is 0 Å². The van der Waals surface area contributed by atoms with Crippen LogP contribution in [-0.2, 0) is 4.74 Å². The second-order valence-corrected chi connectivity index (χ2v) is 4.16. The summed E-state index contributed by atoms with van der Waals surface area (Å²) in [4.78, 5) is 11.7. The number of hydrogen-bond acceptors (Lipinski definition) is 3. The van der Waals surface area contributed by atoms with Crippen molar-refractivity contribution in [1.29, 1.82) is 0 Å². The Morgan fingerprint density at radius 3 is 2.65 bits per heavy atom. The van der Waals surface area contributed by atoms with Crippen LogP contribution >= 0.6 is 0 Å². The fourth-order valence-electron chi connectivity index (χ4n) is 2.01. The standard InChI is InChI=1S/C13H15FO3/c1-16-10-6-7-11(12(14)8-10)13(15)17-9-4-2-3-5-9/h6-9H,2-5H2,1H3. The van der Waals surface area contributed by atoms with Crippen LogP contribution < -0.4 is 4.74 Å². The van der Waals surface area contributed by atoms with Crippen molar-refractivity contribution in [2.75, 3.05) is 7.11 Å². The molecular formula is C13H15FO3. The monoisotopic (exact) mass is 238 g/mol. The number of ether oxygens (including phenoxy) is 2. The molecule has 0 bridgehead atoms. The molecule has 1 fully saturated rings. The molecule has 17 heavy (non-hydrogen) atoms. The molecule has 0 heterocycles. The van der Waals surface area contributed by atoms with Gasteiger partial charge in [0, 0.05) is 6.07 Å². The van der Waals surface area contributed by atoms with E-state index in [2.05, 4.69) is 0 Å². The van der Waals surface area contributed by atoms with Crippen molar-refractivity contribution in [2.45, 2.75) is 31.8 Å². The Morgan fingerprint density at radius 2 is 2.06 bits per heavy atom. The molecule has 0 saturated heterocycles. The summed E-state index contributed by atoms with van der Waals surface area (Å²) in [6, 6.07) is 4.13. The number of rotatable bonds is 3. The number of carbonyl (C=O) groups excluding carboxylic acids is 1. The van der Waals surface area contributed by atoms with Crippen LogP contribution in [0.1, 0.15) is 36.0 Å². The molecule has 1 aromatic rings. The number of esters is 1. The van der Waals surface area contributed by atoms with Crippen molar-refractivity contribution in [2.24, 2.45) is 0 Å². The predicted octanol–water partition coefficient (Wildman–Crippen LogP) is 2.93. The summed E-state index contributed by atoms with van der Waals surface area (Å²) >= 11 is 0. The van der Waals surface area contributed by atoms with Crippen LogP contribution in [0.4, 0.5) is 4.39 Å². The molecule has 1 aliphatic carbocycles. The highest BCUT2D eigenvalue weighted by molar-refractivity contribution is 5.90. The first-order valence-electron chi connectivity index (χ1n) is 5.75. The lowest BCUT2D eigenvalue weighted by molar-refractivity contribution is 0.0312. The largest absolute Gasteiger partial charge is 0.497 e. The van der Waals surface area contributed by atoms with Crippen molar-refractivity contribution in [3.8, 4) is 5.75 Å². The molecule has 3 nitrogen and oxygen atoms in total. The van der Waals surface area contributed by atoms with Gasteiger partial charge in [-0.1, -0.05) is 0 Å². The van der Waals surface area contributed by atoms with E-state index in [4.69, 9.17) is 9.47 Å². The summed E-state index contributed by atoms with van der Waals surface area (Å²) in [5.41, 5.74) is -0.0299. The van der Waals surface area contributed by atoms with E-state index in [0.717, 1.165) is 25.7 Å². The minimum Gasteiger partial charge on any atom is -0.497 e. The minimum absolute atomic E-state index is 0.0299. The molecule has 0 aliphatic heterocycles. The SMILES string of the molecule is COc1ccc(C(=O)OC2CCCC2)c(F)c1. The van der Waals surface area contributed by atoms with Gasteiger partial charge < -0.3 is 9.47 Å². The van der Waals surface area contributed by atoms with Crippen molar-refractivity contribution in [3.05, 3.63) is 29.6 Å². The first kappa shape index (κ1) is 11.9. The van der Waals surface area contributed by atoms with Crippen molar-refractivity contribution >= 4 is 5.97 Å². The number of hydrogen-bond donors (Lipinski definition) is 0. The maximum Gasteiger partial charge on any atom is 0.341 e. The Balaban J connectivity index is 2.07. The third kappa shape index (κ3) is 2.75. The summed E-state index contributed by atoms with van der Waals surface area (Å²) in [5.74, 6) is -0.802. The van der Waals surface area contributed by atoms with E-state index < -0.39 is 11.8 Å². The van der Waals surface area contributed by atoms with E-state index >= 15 is 0 Å². The van der Waals surface area contributed by atoms with Gasteiger partial charge in [0.25, 0.3) is 0 Å². The summed E-state index contributed by atoms with van der Waals surface area (Å²) in [6.45, 7) is 0. The maximum atomic E-state index is 13.6. The molecule has 0 atom stereocenters. The zero-order valence-corrected chi connectivity index (χ0v) is 9.74. The molecule has 2 rings (SSSR count). The number of carbonyl (C=O) groups is 1. The summed E-state index contributed by atoms with van der Waals surface area (Å²) in [7, 11) is 1.45. The van der Waals surface area contributed by atoms with E-state index in [0.29, 0.717) is 5.75 Å². The lowest BCUT2D eigenvalue weighted by atomic mass is 10.2. The zero-order chi connectivity index (χ0) is 12.3. The van der Waals surface area contributed by atoms with Crippen LogP contribution in [0.2, 0.25) is 0 Å². The molecule has 4 heteroatoms. The lowest BCUT2D eigenvalue weighted by Crippen LogP contribution is -2.15. The van der Waals surface area contributed by atoms with Gasteiger partial charge in [-0.05, 0) is 37.8 Å². The van der Waals surface area contributed by atoms with Gasteiger partial charge in [0.05, 0.1) is 12.7 Å². The Kier molecular flexibility index (Phi) is 3.61. The predicted molar refractivity (Wildman–Crippen MR) is 60.6 cm³/mol. The van der Waals surface area contributed by atoms with Gasteiger partial charge in [0.1, 0.15) is 17.7 Å². The van der Waals surface area contributed by atoms with Crippen molar-refractivity contribution < 1.29 is 18.7 Å². The molecule has 0 amide bonds. The highest BCUT2D eigenvalue weighted by Crippen LogP contribution is 2.23. The van der Waals surface area contributed by atoms with Gasteiger partial charge in [-0.25, -0.2) is 9.18 Å². The lowest BCUT2D eigenvalue weighted by Gasteiger charge is -2.11. The van der Waals surface area contributed by atoms with E-state index in [1.807, 2.05) is 0 Å². The molecule has 0 radical (unpaired) electrons. The minimum atomic E-state index is -0.604. The molecule has 0 aromatic heterocycles. The number of halogens is 1. The highest BCUT2D eigenvalue weighted by Gasteiger charge is 2.22. The fraction of sp³-hybridized carbons (Fsp3) is 0.462. The van der Waals surface area contributed by atoms with Crippen molar-refractivity contribution in [1.82, 2.24) is 0 Å². The van der Waals surface area contributed by atoms with E-state index in [-0.39, 0.29) is 11.7 Å². The van der Waals surface area contributed by atoms with Crippen LogP contribution in [0.25, 0.3) is 0 Å². The first-order chi connectivity index (χ1) is 8.20. The van der Waals surface area contributed by atoms with Gasteiger partial charge in [0.15, 0.2) is 0 Å². The highest BCUT2D eigenvalue weighted by atomic mass is 19.1.